The van der Waals surface area contributed by atoms with Crippen molar-refractivity contribution in [1.29, 1.82) is 0 Å². The third kappa shape index (κ3) is 3.53. The number of rotatable bonds is 2. The number of carbonyl (C=O) groups excluding carboxylic acids is 1. The van der Waals surface area contributed by atoms with Gasteiger partial charge in [-0.25, -0.2) is 4.99 Å². The molecule has 0 saturated carbocycles. The molecule has 1 aliphatic rings. The lowest BCUT2D eigenvalue weighted by atomic mass is 10.1. The number of phenols is 1. The van der Waals surface area contributed by atoms with Gasteiger partial charge in [-0.2, -0.15) is 0 Å². The van der Waals surface area contributed by atoms with Crippen molar-refractivity contribution in [1.82, 2.24) is 4.90 Å². The van der Waals surface area contributed by atoms with E-state index < -0.39 is 0 Å². The SMILES string of the molecule is Cc1ccc(N=C2S/C(=C/c3cc(C)c(O)c(C)c3)C(=O)N2C)cc1C. The first kappa shape index (κ1) is 18.3. The van der Waals surface area contributed by atoms with Crippen LogP contribution in [0.2, 0.25) is 0 Å². The number of benzene rings is 2. The smallest absolute Gasteiger partial charge is 0.266 e. The van der Waals surface area contributed by atoms with E-state index in [4.69, 9.17) is 0 Å². The summed E-state index contributed by atoms with van der Waals surface area (Å²) in [5, 5.41) is 10.6. The molecule has 3 rings (SSSR count). The van der Waals surface area contributed by atoms with Gasteiger partial charge in [0.25, 0.3) is 5.91 Å². The summed E-state index contributed by atoms with van der Waals surface area (Å²) in [6.07, 6.45) is 1.85. The van der Waals surface area contributed by atoms with Gasteiger partial charge in [0.1, 0.15) is 5.75 Å². The van der Waals surface area contributed by atoms with Crippen LogP contribution in [0.25, 0.3) is 6.08 Å². The largest absolute Gasteiger partial charge is 0.507 e. The summed E-state index contributed by atoms with van der Waals surface area (Å²) in [4.78, 5) is 19.4. The summed E-state index contributed by atoms with van der Waals surface area (Å²) in [5.41, 5.74) is 5.72. The second-order valence-corrected chi connectivity index (χ2v) is 7.65. The molecule has 0 atom stereocenters. The van der Waals surface area contributed by atoms with Gasteiger partial charge in [-0.1, -0.05) is 6.07 Å². The van der Waals surface area contributed by atoms with E-state index in [1.165, 1.54) is 22.9 Å². The average Bonchev–Trinajstić information content (AvgIpc) is 2.84. The number of aromatic hydroxyl groups is 1. The fourth-order valence-corrected chi connectivity index (χ4v) is 3.77. The van der Waals surface area contributed by atoms with Crippen LogP contribution in [0.4, 0.5) is 5.69 Å². The van der Waals surface area contributed by atoms with E-state index in [0.29, 0.717) is 15.8 Å². The maximum atomic E-state index is 12.6. The average molecular weight is 366 g/mol. The van der Waals surface area contributed by atoms with Crippen LogP contribution in [-0.4, -0.2) is 28.1 Å². The topological polar surface area (TPSA) is 52.9 Å². The van der Waals surface area contributed by atoms with E-state index in [0.717, 1.165) is 22.4 Å². The van der Waals surface area contributed by atoms with E-state index in [1.54, 1.807) is 11.9 Å². The number of amides is 1. The molecule has 134 valence electrons. The fourth-order valence-electron chi connectivity index (χ4n) is 2.78. The first-order valence-electron chi connectivity index (χ1n) is 8.40. The zero-order valence-electron chi connectivity index (χ0n) is 15.6. The minimum absolute atomic E-state index is 0.0686. The van der Waals surface area contributed by atoms with Crippen LogP contribution in [0.5, 0.6) is 5.75 Å². The quantitative estimate of drug-likeness (QED) is 0.772. The number of hydrogen-bond acceptors (Lipinski definition) is 4. The Bertz CT molecular complexity index is 937. The molecule has 0 radical (unpaired) electrons. The zero-order chi connectivity index (χ0) is 19.0. The van der Waals surface area contributed by atoms with E-state index >= 15 is 0 Å². The minimum atomic E-state index is -0.0686. The summed E-state index contributed by atoms with van der Waals surface area (Å²) in [5.74, 6) is 0.229. The maximum Gasteiger partial charge on any atom is 0.266 e. The van der Waals surface area contributed by atoms with Crippen molar-refractivity contribution in [3.05, 3.63) is 63.1 Å². The van der Waals surface area contributed by atoms with Gasteiger partial charge in [0.05, 0.1) is 10.6 Å². The second-order valence-electron chi connectivity index (χ2n) is 6.64. The Hall–Kier alpha value is -2.53. The van der Waals surface area contributed by atoms with Crippen molar-refractivity contribution in [3.63, 3.8) is 0 Å². The van der Waals surface area contributed by atoms with Crippen molar-refractivity contribution >= 4 is 34.6 Å². The van der Waals surface area contributed by atoms with Crippen molar-refractivity contribution in [2.75, 3.05) is 7.05 Å². The number of thioether (sulfide) groups is 1. The van der Waals surface area contributed by atoms with E-state index in [-0.39, 0.29) is 5.91 Å². The molecule has 1 heterocycles. The molecule has 2 aromatic rings. The van der Waals surface area contributed by atoms with Gasteiger partial charge in [-0.3, -0.25) is 9.69 Å². The van der Waals surface area contributed by atoms with Gasteiger partial charge < -0.3 is 5.11 Å². The first-order chi connectivity index (χ1) is 12.3. The maximum absolute atomic E-state index is 12.6. The van der Waals surface area contributed by atoms with Gasteiger partial charge in [0.15, 0.2) is 5.17 Å². The fraction of sp³-hybridized carbons (Fsp3) is 0.238. The molecular weight excluding hydrogens is 344 g/mol. The number of carbonyl (C=O) groups is 1. The highest BCUT2D eigenvalue weighted by atomic mass is 32.2. The summed E-state index contributed by atoms with van der Waals surface area (Å²) in [7, 11) is 1.74. The Kier molecular flexibility index (Phi) is 4.92. The molecule has 1 fully saturated rings. The van der Waals surface area contributed by atoms with Gasteiger partial charge in [-0.15, -0.1) is 0 Å². The van der Waals surface area contributed by atoms with Gasteiger partial charge in [0.2, 0.25) is 0 Å². The van der Waals surface area contributed by atoms with Gasteiger partial charge in [0, 0.05) is 7.05 Å². The highest BCUT2D eigenvalue weighted by Crippen LogP contribution is 2.34. The van der Waals surface area contributed by atoms with Crippen molar-refractivity contribution in [2.24, 2.45) is 4.99 Å². The molecular formula is C21H22N2O2S. The van der Waals surface area contributed by atoms with Gasteiger partial charge in [-0.05, 0) is 97.6 Å². The van der Waals surface area contributed by atoms with E-state index in [1.807, 2.05) is 50.3 Å². The predicted molar refractivity (Wildman–Crippen MR) is 109 cm³/mol. The molecule has 1 N–H and O–H groups in total. The van der Waals surface area contributed by atoms with E-state index in [2.05, 4.69) is 18.8 Å². The van der Waals surface area contributed by atoms with Crippen LogP contribution < -0.4 is 0 Å². The van der Waals surface area contributed by atoms with Crippen LogP contribution in [-0.2, 0) is 4.79 Å². The summed E-state index contributed by atoms with van der Waals surface area (Å²) >= 11 is 1.37. The normalized spacial score (nSPS) is 17.6. The zero-order valence-corrected chi connectivity index (χ0v) is 16.4. The Morgan fingerprint density at radius 1 is 1.00 bits per heavy atom. The molecule has 0 unspecified atom stereocenters. The molecule has 1 saturated heterocycles. The molecule has 0 aliphatic carbocycles. The highest BCUT2D eigenvalue weighted by molar-refractivity contribution is 8.18. The first-order valence-corrected chi connectivity index (χ1v) is 9.21. The Balaban J connectivity index is 1.93. The lowest BCUT2D eigenvalue weighted by Gasteiger charge is -2.08. The standard InChI is InChI=1S/C21H22N2O2S/c1-12-6-7-17(10-13(12)2)22-21-23(5)20(25)18(26-21)11-16-8-14(3)19(24)15(4)9-16/h6-11,24H,1-5H3/b18-11+,22-21?. The lowest BCUT2D eigenvalue weighted by molar-refractivity contribution is -0.121. The number of aliphatic imine (C=N–C) groups is 1. The number of amidine groups is 1. The molecule has 1 aliphatic heterocycles. The van der Waals surface area contributed by atoms with Crippen LogP contribution in [0, 0.1) is 27.7 Å². The summed E-state index contributed by atoms with van der Waals surface area (Å²) in [6.45, 7) is 7.82. The molecule has 26 heavy (non-hydrogen) atoms. The number of phenolic OH excluding ortho intramolecular Hbond substituents is 1. The monoisotopic (exact) mass is 366 g/mol. The summed E-state index contributed by atoms with van der Waals surface area (Å²) < 4.78 is 0. The van der Waals surface area contributed by atoms with Crippen LogP contribution >= 0.6 is 11.8 Å². The number of aryl methyl sites for hydroxylation is 4. The molecule has 2 aromatic carbocycles. The molecule has 4 nitrogen and oxygen atoms in total. The number of likely N-dealkylation sites (N-methyl/N-ethyl adjacent to an activating group) is 1. The Morgan fingerprint density at radius 2 is 1.65 bits per heavy atom. The molecule has 5 heteroatoms. The van der Waals surface area contributed by atoms with Crippen molar-refractivity contribution < 1.29 is 9.90 Å². The second kappa shape index (κ2) is 7.00. The predicted octanol–water partition coefficient (Wildman–Crippen LogP) is 4.86. The van der Waals surface area contributed by atoms with Gasteiger partial charge >= 0.3 is 0 Å². The van der Waals surface area contributed by atoms with Crippen molar-refractivity contribution in [2.45, 2.75) is 27.7 Å². The van der Waals surface area contributed by atoms with E-state index in [9.17, 15) is 9.90 Å². The highest BCUT2D eigenvalue weighted by Gasteiger charge is 2.30. The van der Waals surface area contributed by atoms with Crippen LogP contribution in [0.3, 0.4) is 0 Å². The molecule has 0 bridgehead atoms. The Morgan fingerprint density at radius 3 is 2.27 bits per heavy atom. The number of nitrogens with zero attached hydrogens (tertiary/aromatic N) is 2. The third-order valence-corrected chi connectivity index (χ3v) is 5.59. The summed E-state index contributed by atoms with van der Waals surface area (Å²) in [6, 6.07) is 9.77. The van der Waals surface area contributed by atoms with Crippen LogP contribution in [0.15, 0.2) is 40.2 Å². The van der Waals surface area contributed by atoms with Crippen molar-refractivity contribution in [3.8, 4) is 5.75 Å². The Labute approximate surface area is 158 Å². The minimum Gasteiger partial charge on any atom is -0.507 e. The molecule has 0 spiro atoms. The lowest BCUT2D eigenvalue weighted by Crippen LogP contribution is -2.23. The molecule has 0 aromatic heterocycles. The molecule has 1 amide bonds. The number of hydrogen-bond donors (Lipinski definition) is 1. The third-order valence-electron chi connectivity index (χ3n) is 4.53. The van der Waals surface area contributed by atoms with Crippen LogP contribution in [0.1, 0.15) is 27.8 Å².